The zero-order valence-electron chi connectivity index (χ0n) is 9.45. The van der Waals surface area contributed by atoms with Crippen molar-refractivity contribution in [3.8, 4) is 11.3 Å². The molecule has 0 amide bonds. The van der Waals surface area contributed by atoms with Crippen LogP contribution in [0.25, 0.3) is 11.3 Å². The van der Waals surface area contributed by atoms with Gasteiger partial charge in [0, 0.05) is 16.6 Å². The van der Waals surface area contributed by atoms with Crippen molar-refractivity contribution in [1.82, 2.24) is 5.32 Å². The van der Waals surface area contributed by atoms with Crippen molar-refractivity contribution in [3.05, 3.63) is 47.2 Å². The van der Waals surface area contributed by atoms with Gasteiger partial charge in [-0.2, -0.15) is 0 Å². The number of hydrogen-bond acceptors (Lipinski definition) is 2. The quantitative estimate of drug-likeness (QED) is 0.888. The zero-order valence-corrected chi connectivity index (χ0v) is 10.2. The molecular formula is C14H14ClNO. The van der Waals surface area contributed by atoms with Gasteiger partial charge in [0.15, 0.2) is 0 Å². The highest BCUT2D eigenvalue weighted by Crippen LogP contribution is 2.25. The molecule has 1 aliphatic carbocycles. The van der Waals surface area contributed by atoms with Gasteiger partial charge in [0.05, 0.1) is 6.54 Å². The van der Waals surface area contributed by atoms with Gasteiger partial charge in [-0.3, -0.25) is 0 Å². The average molecular weight is 248 g/mol. The predicted molar refractivity (Wildman–Crippen MR) is 69.0 cm³/mol. The van der Waals surface area contributed by atoms with Gasteiger partial charge >= 0.3 is 0 Å². The molecule has 17 heavy (non-hydrogen) atoms. The summed E-state index contributed by atoms with van der Waals surface area (Å²) in [5, 5.41) is 4.16. The fourth-order valence-electron chi connectivity index (χ4n) is 1.80. The first-order chi connectivity index (χ1) is 8.31. The summed E-state index contributed by atoms with van der Waals surface area (Å²) in [6.45, 7) is 0.811. The van der Waals surface area contributed by atoms with Gasteiger partial charge in [-0.05, 0) is 37.1 Å². The molecule has 0 unspecified atom stereocenters. The lowest BCUT2D eigenvalue weighted by Gasteiger charge is -2.00. The van der Waals surface area contributed by atoms with E-state index < -0.39 is 0 Å². The number of hydrogen-bond donors (Lipinski definition) is 1. The fraction of sp³-hybridized carbons (Fsp3) is 0.286. The molecule has 0 bridgehead atoms. The number of nitrogens with one attached hydrogen (secondary N) is 1. The molecule has 1 saturated carbocycles. The topological polar surface area (TPSA) is 25.2 Å². The summed E-state index contributed by atoms with van der Waals surface area (Å²) < 4.78 is 5.78. The Balaban J connectivity index is 1.74. The van der Waals surface area contributed by atoms with Crippen molar-refractivity contribution in [1.29, 1.82) is 0 Å². The third-order valence-electron chi connectivity index (χ3n) is 2.91. The maximum atomic E-state index is 5.96. The van der Waals surface area contributed by atoms with Crippen LogP contribution in [-0.2, 0) is 6.54 Å². The number of benzene rings is 1. The Morgan fingerprint density at radius 2 is 2.12 bits per heavy atom. The number of halogens is 1. The molecule has 0 atom stereocenters. The van der Waals surface area contributed by atoms with Crippen molar-refractivity contribution in [2.24, 2.45) is 0 Å². The molecule has 2 aromatic rings. The summed E-state index contributed by atoms with van der Waals surface area (Å²) in [6, 6.07) is 12.4. The van der Waals surface area contributed by atoms with Crippen molar-refractivity contribution < 1.29 is 4.42 Å². The lowest BCUT2D eigenvalue weighted by molar-refractivity contribution is 0.492. The van der Waals surface area contributed by atoms with Crippen LogP contribution in [0.3, 0.4) is 0 Å². The largest absolute Gasteiger partial charge is 0.460 e. The van der Waals surface area contributed by atoms with E-state index in [1.165, 1.54) is 12.8 Å². The normalized spacial score (nSPS) is 15.1. The summed E-state index contributed by atoms with van der Waals surface area (Å²) in [7, 11) is 0. The minimum Gasteiger partial charge on any atom is -0.460 e. The fourth-order valence-corrected chi connectivity index (χ4v) is 1.99. The lowest BCUT2D eigenvalue weighted by atomic mass is 10.2. The first-order valence-corrected chi connectivity index (χ1v) is 6.27. The van der Waals surface area contributed by atoms with Gasteiger partial charge in [-0.25, -0.2) is 0 Å². The van der Waals surface area contributed by atoms with E-state index in [2.05, 4.69) is 5.32 Å². The second-order valence-electron chi connectivity index (χ2n) is 4.43. The van der Waals surface area contributed by atoms with E-state index in [0.29, 0.717) is 6.04 Å². The van der Waals surface area contributed by atoms with Crippen LogP contribution in [0.4, 0.5) is 0 Å². The molecule has 1 fully saturated rings. The average Bonchev–Trinajstić information content (AvgIpc) is 3.04. The number of furan rings is 1. The maximum Gasteiger partial charge on any atom is 0.134 e. The Morgan fingerprint density at radius 3 is 2.88 bits per heavy atom. The van der Waals surface area contributed by atoms with Crippen LogP contribution < -0.4 is 5.32 Å². The zero-order chi connectivity index (χ0) is 11.7. The molecule has 3 rings (SSSR count). The van der Waals surface area contributed by atoms with Crippen molar-refractivity contribution in [2.45, 2.75) is 25.4 Å². The molecule has 0 saturated heterocycles. The third-order valence-corrected chi connectivity index (χ3v) is 3.15. The molecule has 1 aromatic heterocycles. The van der Waals surface area contributed by atoms with Crippen LogP contribution in [0.1, 0.15) is 18.6 Å². The summed E-state index contributed by atoms with van der Waals surface area (Å²) in [4.78, 5) is 0. The second-order valence-corrected chi connectivity index (χ2v) is 4.87. The van der Waals surface area contributed by atoms with Gasteiger partial charge in [0.2, 0.25) is 0 Å². The Labute approximate surface area is 106 Å². The Hall–Kier alpha value is -1.25. The van der Waals surface area contributed by atoms with Crippen molar-refractivity contribution in [2.75, 3.05) is 0 Å². The molecule has 2 nitrogen and oxygen atoms in total. The van der Waals surface area contributed by atoms with Crippen LogP contribution >= 0.6 is 11.6 Å². The van der Waals surface area contributed by atoms with Crippen LogP contribution in [0.5, 0.6) is 0 Å². The van der Waals surface area contributed by atoms with Gasteiger partial charge in [-0.1, -0.05) is 23.7 Å². The summed E-state index contributed by atoms with van der Waals surface area (Å²) >= 11 is 5.96. The first kappa shape index (κ1) is 10.9. The highest BCUT2D eigenvalue weighted by molar-refractivity contribution is 6.30. The lowest BCUT2D eigenvalue weighted by Crippen LogP contribution is -2.14. The van der Waals surface area contributed by atoms with Crippen LogP contribution in [0.2, 0.25) is 5.02 Å². The molecule has 1 aliphatic rings. The molecule has 1 aromatic carbocycles. The molecule has 1 N–H and O–H groups in total. The van der Waals surface area contributed by atoms with E-state index in [9.17, 15) is 0 Å². The van der Waals surface area contributed by atoms with Crippen LogP contribution in [0.15, 0.2) is 40.8 Å². The van der Waals surface area contributed by atoms with Crippen LogP contribution in [-0.4, -0.2) is 6.04 Å². The Kier molecular flexibility index (Phi) is 2.91. The molecule has 1 heterocycles. The van der Waals surface area contributed by atoms with E-state index in [4.69, 9.17) is 16.0 Å². The maximum absolute atomic E-state index is 5.96. The van der Waals surface area contributed by atoms with Crippen LogP contribution in [0, 0.1) is 0 Å². The molecule has 88 valence electrons. The van der Waals surface area contributed by atoms with E-state index in [1.54, 1.807) is 0 Å². The standard InChI is InChI=1S/C14H14ClNO/c15-11-3-1-2-10(8-11)14-7-6-13(17-14)9-16-12-4-5-12/h1-3,6-8,12,16H,4-5,9H2. The van der Waals surface area contributed by atoms with Crippen molar-refractivity contribution >= 4 is 11.6 Å². The minimum absolute atomic E-state index is 0.703. The van der Waals surface area contributed by atoms with E-state index in [0.717, 1.165) is 28.7 Å². The Morgan fingerprint density at radius 1 is 1.24 bits per heavy atom. The van der Waals surface area contributed by atoms with Crippen molar-refractivity contribution in [3.63, 3.8) is 0 Å². The summed E-state index contributed by atoms with van der Waals surface area (Å²) in [5.41, 5.74) is 1.02. The highest BCUT2D eigenvalue weighted by atomic mass is 35.5. The molecule has 3 heteroatoms. The number of rotatable bonds is 4. The first-order valence-electron chi connectivity index (χ1n) is 5.89. The van der Waals surface area contributed by atoms with Gasteiger partial charge in [-0.15, -0.1) is 0 Å². The monoisotopic (exact) mass is 247 g/mol. The van der Waals surface area contributed by atoms with Gasteiger partial charge < -0.3 is 9.73 Å². The third kappa shape index (κ3) is 2.71. The van der Waals surface area contributed by atoms with E-state index >= 15 is 0 Å². The molecular weight excluding hydrogens is 234 g/mol. The van der Waals surface area contributed by atoms with E-state index in [-0.39, 0.29) is 0 Å². The highest BCUT2D eigenvalue weighted by Gasteiger charge is 2.20. The summed E-state index contributed by atoms with van der Waals surface area (Å²) in [5.74, 6) is 1.85. The van der Waals surface area contributed by atoms with E-state index in [1.807, 2.05) is 36.4 Å². The molecule has 0 spiro atoms. The second kappa shape index (κ2) is 4.55. The predicted octanol–water partition coefficient (Wildman–Crippen LogP) is 3.85. The van der Waals surface area contributed by atoms with Gasteiger partial charge in [0.1, 0.15) is 11.5 Å². The smallest absolute Gasteiger partial charge is 0.134 e. The Bertz CT molecular complexity index is 516. The molecule has 0 radical (unpaired) electrons. The summed E-state index contributed by atoms with van der Waals surface area (Å²) in [6.07, 6.45) is 2.59. The molecule has 0 aliphatic heterocycles. The van der Waals surface area contributed by atoms with Gasteiger partial charge in [0.25, 0.3) is 0 Å². The SMILES string of the molecule is Clc1cccc(-c2ccc(CNC3CC3)o2)c1. The minimum atomic E-state index is 0.703.